The van der Waals surface area contributed by atoms with Crippen molar-refractivity contribution in [3.05, 3.63) is 88.4 Å². The van der Waals surface area contributed by atoms with E-state index in [0.29, 0.717) is 22.2 Å². The normalized spacial score (nSPS) is 12.4. The fraction of sp³-hybridized carbons (Fsp3) is 0.333. The van der Waals surface area contributed by atoms with Gasteiger partial charge in [0, 0.05) is 22.1 Å². The van der Waals surface area contributed by atoms with Crippen molar-refractivity contribution in [1.82, 2.24) is 10.2 Å². The van der Waals surface area contributed by atoms with E-state index >= 15 is 0 Å². The molecule has 0 heterocycles. The van der Waals surface area contributed by atoms with Crippen LogP contribution in [0.25, 0.3) is 0 Å². The quantitative estimate of drug-likeness (QED) is 0.287. The Balaban J connectivity index is 2.08. The Morgan fingerprint density at radius 2 is 1.61 bits per heavy atom. The van der Waals surface area contributed by atoms with E-state index in [9.17, 15) is 18.0 Å². The monoisotopic (exact) mass is 619 g/mol. The van der Waals surface area contributed by atoms with Gasteiger partial charge in [-0.3, -0.25) is 13.9 Å². The number of carbonyl (C=O) groups is 2. The number of rotatable bonds is 11. The molecular formula is C30H35Cl2N3O5S. The molecule has 0 radical (unpaired) electrons. The van der Waals surface area contributed by atoms with E-state index in [1.807, 2.05) is 26.8 Å². The van der Waals surface area contributed by atoms with Gasteiger partial charge >= 0.3 is 0 Å². The first kappa shape index (κ1) is 32.2. The number of ether oxygens (including phenoxy) is 1. The zero-order valence-corrected chi connectivity index (χ0v) is 26.1. The summed E-state index contributed by atoms with van der Waals surface area (Å²) in [6.07, 6.45) is 0.304. The van der Waals surface area contributed by atoms with Gasteiger partial charge in [0.2, 0.25) is 11.8 Å². The number of hydrogen-bond donors (Lipinski definition) is 1. The maximum absolute atomic E-state index is 14.1. The number of anilines is 1. The lowest BCUT2D eigenvalue weighted by Gasteiger charge is -2.34. The molecule has 0 aliphatic heterocycles. The zero-order valence-electron chi connectivity index (χ0n) is 23.7. The maximum Gasteiger partial charge on any atom is 0.264 e. The smallest absolute Gasteiger partial charge is 0.264 e. The van der Waals surface area contributed by atoms with Crippen LogP contribution in [0.3, 0.4) is 0 Å². The fourth-order valence-electron chi connectivity index (χ4n) is 4.23. The van der Waals surface area contributed by atoms with Crippen LogP contribution in [0.4, 0.5) is 5.69 Å². The number of nitrogens with zero attached hydrogens (tertiary/aromatic N) is 2. The maximum atomic E-state index is 14.1. The lowest BCUT2D eigenvalue weighted by atomic mass is 10.1. The van der Waals surface area contributed by atoms with Crippen LogP contribution in [-0.2, 0) is 26.2 Å². The second kappa shape index (κ2) is 13.6. The first-order chi connectivity index (χ1) is 19.2. The first-order valence-corrected chi connectivity index (χ1v) is 15.2. The first-order valence-electron chi connectivity index (χ1n) is 13.0. The Morgan fingerprint density at radius 3 is 2.20 bits per heavy atom. The summed E-state index contributed by atoms with van der Waals surface area (Å²) < 4.78 is 34.1. The number of nitrogens with one attached hydrogen (secondary N) is 1. The van der Waals surface area contributed by atoms with E-state index in [-0.39, 0.29) is 23.0 Å². The predicted octanol–water partition coefficient (Wildman–Crippen LogP) is 5.92. The van der Waals surface area contributed by atoms with Gasteiger partial charge < -0.3 is 15.0 Å². The van der Waals surface area contributed by atoms with Gasteiger partial charge in [0.15, 0.2) is 0 Å². The van der Waals surface area contributed by atoms with E-state index in [4.69, 9.17) is 27.9 Å². The number of sulfonamides is 1. The van der Waals surface area contributed by atoms with Gasteiger partial charge in [0.05, 0.1) is 17.7 Å². The summed E-state index contributed by atoms with van der Waals surface area (Å²) in [4.78, 5) is 28.9. The molecule has 0 saturated heterocycles. The summed E-state index contributed by atoms with van der Waals surface area (Å²) in [5, 5.41) is 3.62. The summed E-state index contributed by atoms with van der Waals surface area (Å²) in [6, 6.07) is 18.2. The molecule has 8 nitrogen and oxygen atoms in total. The van der Waals surface area contributed by atoms with Crippen molar-refractivity contribution < 1.29 is 22.7 Å². The summed E-state index contributed by atoms with van der Waals surface area (Å²) in [6.45, 7) is 6.84. The summed E-state index contributed by atoms with van der Waals surface area (Å²) in [5.41, 5.74) is 0.379. The largest absolute Gasteiger partial charge is 0.497 e. The van der Waals surface area contributed by atoms with Crippen molar-refractivity contribution in [2.24, 2.45) is 0 Å². The molecule has 0 unspecified atom stereocenters. The van der Waals surface area contributed by atoms with Crippen LogP contribution in [0.2, 0.25) is 10.0 Å². The molecule has 3 rings (SSSR count). The second-order valence-corrected chi connectivity index (χ2v) is 13.2. The molecular weight excluding hydrogens is 585 g/mol. The van der Waals surface area contributed by atoms with Gasteiger partial charge in [-0.15, -0.1) is 0 Å². The highest BCUT2D eigenvalue weighted by molar-refractivity contribution is 7.92. The van der Waals surface area contributed by atoms with Crippen LogP contribution in [0.5, 0.6) is 5.75 Å². The molecule has 11 heteroatoms. The van der Waals surface area contributed by atoms with Crippen molar-refractivity contribution in [2.45, 2.75) is 57.1 Å². The van der Waals surface area contributed by atoms with Crippen LogP contribution in [-0.4, -0.2) is 50.4 Å². The Kier molecular flexibility index (Phi) is 10.7. The minimum absolute atomic E-state index is 0.0495. The standard InChI is InChI=1S/C30H35Cl2N3O5S/c1-6-27(29(37)33-30(2,3)4)34(19-21-9-7-12-25(17-21)40-5)28(36)20-35(24-11-8-10-23(32)18-24)41(38,39)26-15-13-22(31)14-16-26/h7-18,27H,6,19-20H2,1-5H3,(H,33,37)/t27-/m0/s1. The molecule has 1 atom stereocenters. The fourth-order valence-corrected chi connectivity index (χ4v) is 5.95. The van der Waals surface area contributed by atoms with E-state index in [0.717, 1.165) is 9.87 Å². The van der Waals surface area contributed by atoms with E-state index in [1.165, 1.54) is 42.3 Å². The van der Waals surface area contributed by atoms with Crippen LogP contribution >= 0.6 is 23.2 Å². The number of carbonyl (C=O) groups excluding carboxylic acids is 2. The van der Waals surface area contributed by atoms with Gasteiger partial charge in [0.1, 0.15) is 18.3 Å². The number of methoxy groups -OCH3 is 1. The topological polar surface area (TPSA) is 96.0 Å². The minimum atomic E-state index is -4.23. The van der Waals surface area contributed by atoms with Crippen molar-refractivity contribution in [1.29, 1.82) is 0 Å². The van der Waals surface area contributed by atoms with E-state index in [2.05, 4.69) is 5.32 Å². The number of amides is 2. The van der Waals surface area contributed by atoms with Crippen LogP contribution in [0.1, 0.15) is 39.7 Å². The molecule has 220 valence electrons. The van der Waals surface area contributed by atoms with Crippen molar-refractivity contribution in [2.75, 3.05) is 18.0 Å². The van der Waals surface area contributed by atoms with Gasteiger partial charge in [0.25, 0.3) is 10.0 Å². The number of halogens is 2. The molecule has 0 bridgehead atoms. The van der Waals surface area contributed by atoms with Crippen LogP contribution in [0, 0.1) is 0 Å². The molecule has 41 heavy (non-hydrogen) atoms. The van der Waals surface area contributed by atoms with Crippen LogP contribution in [0.15, 0.2) is 77.7 Å². The predicted molar refractivity (Wildman–Crippen MR) is 163 cm³/mol. The molecule has 0 saturated carbocycles. The second-order valence-electron chi connectivity index (χ2n) is 10.5. The molecule has 0 aliphatic carbocycles. The minimum Gasteiger partial charge on any atom is -0.497 e. The van der Waals surface area contributed by atoms with Crippen molar-refractivity contribution in [3.63, 3.8) is 0 Å². The van der Waals surface area contributed by atoms with E-state index < -0.39 is 34.1 Å². The Morgan fingerprint density at radius 1 is 0.951 bits per heavy atom. The lowest BCUT2D eigenvalue weighted by Crippen LogP contribution is -2.55. The molecule has 3 aromatic rings. The highest BCUT2D eigenvalue weighted by Crippen LogP contribution is 2.28. The van der Waals surface area contributed by atoms with E-state index in [1.54, 1.807) is 43.3 Å². The molecule has 0 fully saturated rings. The van der Waals surface area contributed by atoms with Gasteiger partial charge in [-0.25, -0.2) is 8.42 Å². The van der Waals surface area contributed by atoms with Gasteiger partial charge in [-0.2, -0.15) is 0 Å². The van der Waals surface area contributed by atoms with Crippen LogP contribution < -0.4 is 14.4 Å². The van der Waals surface area contributed by atoms with Crippen molar-refractivity contribution in [3.8, 4) is 5.75 Å². The SMILES string of the molecule is CC[C@@H](C(=O)NC(C)(C)C)N(Cc1cccc(OC)c1)C(=O)CN(c1cccc(Cl)c1)S(=O)(=O)c1ccc(Cl)cc1. The number of benzene rings is 3. The molecule has 3 aromatic carbocycles. The highest BCUT2D eigenvalue weighted by Gasteiger charge is 2.34. The molecule has 0 spiro atoms. The molecule has 1 N–H and O–H groups in total. The third kappa shape index (κ3) is 8.61. The molecule has 0 aromatic heterocycles. The summed E-state index contributed by atoms with van der Waals surface area (Å²) in [7, 11) is -2.69. The zero-order chi connectivity index (χ0) is 30.4. The Hall–Kier alpha value is -3.27. The summed E-state index contributed by atoms with van der Waals surface area (Å²) >= 11 is 12.2. The van der Waals surface area contributed by atoms with Gasteiger partial charge in [-0.1, -0.05) is 48.3 Å². The average Bonchev–Trinajstić information content (AvgIpc) is 2.90. The average molecular weight is 621 g/mol. The molecule has 0 aliphatic rings. The third-order valence-corrected chi connectivity index (χ3v) is 8.42. The number of hydrogen-bond acceptors (Lipinski definition) is 5. The lowest BCUT2D eigenvalue weighted by molar-refractivity contribution is -0.141. The van der Waals surface area contributed by atoms with Gasteiger partial charge in [-0.05, 0) is 87.4 Å². The highest BCUT2D eigenvalue weighted by atomic mass is 35.5. The third-order valence-electron chi connectivity index (χ3n) is 6.15. The Labute approximate surface area is 252 Å². The van der Waals surface area contributed by atoms with Crippen molar-refractivity contribution >= 4 is 50.7 Å². The Bertz CT molecular complexity index is 1470. The molecule has 2 amide bonds. The summed E-state index contributed by atoms with van der Waals surface area (Å²) in [5.74, 6) is -0.319.